The van der Waals surface area contributed by atoms with E-state index in [1.165, 1.54) is 0 Å². The summed E-state index contributed by atoms with van der Waals surface area (Å²) in [6.07, 6.45) is -0.191. The quantitative estimate of drug-likeness (QED) is 0.655. The van der Waals surface area contributed by atoms with Gasteiger partial charge in [-0.25, -0.2) is 17.5 Å². The van der Waals surface area contributed by atoms with Crippen LogP contribution in [0.3, 0.4) is 0 Å². The van der Waals surface area contributed by atoms with Crippen molar-refractivity contribution in [2.75, 3.05) is 0 Å². The normalized spacial score (nSPS) is 11.1. The van der Waals surface area contributed by atoms with Crippen molar-refractivity contribution in [3.8, 4) is 0 Å². The summed E-state index contributed by atoms with van der Waals surface area (Å²) in [5, 5.41) is 10.7. The Labute approximate surface area is 137 Å². The summed E-state index contributed by atoms with van der Waals surface area (Å²) in [5.41, 5.74) is 0.726. The summed E-state index contributed by atoms with van der Waals surface area (Å²) >= 11 is 0. The van der Waals surface area contributed by atoms with E-state index in [-0.39, 0.29) is 6.42 Å². The Balaban J connectivity index is 2.24. The third-order valence-corrected chi connectivity index (χ3v) is 4.59. The van der Waals surface area contributed by atoms with Gasteiger partial charge in [0.1, 0.15) is 5.82 Å². The van der Waals surface area contributed by atoms with Gasteiger partial charge in [-0.1, -0.05) is 24.3 Å². The first kappa shape index (κ1) is 17.5. The molecule has 2 rings (SSSR count). The second-order valence-electron chi connectivity index (χ2n) is 5.03. The van der Waals surface area contributed by atoms with E-state index in [2.05, 4.69) is 0 Å². The molecule has 1 N–H and O–H groups in total. The number of nitro groups is 1. The molecule has 0 saturated carbocycles. The Morgan fingerprint density at radius 1 is 1.25 bits per heavy atom. The Kier molecular flexibility index (Phi) is 4.93. The number of carbonyl (C=O) groups excluding carboxylic acids is 1. The second-order valence-corrected chi connectivity index (χ2v) is 6.72. The van der Waals surface area contributed by atoms with Crippen LogP contribution in [0.4, 0.5) is 10.1 Å². The molecule has 0 aliphatic carbocycles. The summed E-state index contributed by atoms with van der Waals surface area (Å²) in [6.45, 7) is 1.77. The van der Waals surface area contributed by atoms with Gasteiger partial charge < -0.3 is 0 Å². The molecule has 0 unspecified atom stereocenters. The van der Waals surface area contributed by atoms with E-state index >= 15 is 0 Å². The summed E-state index contributed by atoms with van der Waals surface area (Å²) in [7, 11) is -4.41. The van der Waals surface area contributed by atoms with Crippen LogP contribution in [0.5, 0.6) is 0 Å². The third kappa shape index (κ3) is 4.13. The molecule has 0 atom stereocenters. The van der Waals surface area contributed by atoms with Crippen molar-refractivity contribution in [3.63, 3.8) is 0 Å². The fourth-order valence-corrected chi connectivity index (χ4v) is 3.07. The molecule has 0 radical (unpaired) electrons. The fourth-order valence-electron chi connectivity index (χ4n) is 2.03. The van der Waals surface area contributed by atoms with Gasteiger partial charge in [-0.2, -0.15) is 0 Å². The van der Waals surface area contributed by atoms with Gasteiger partial charge in [0.2, 0.25) is 5.91 Å². The highest BCUT2D eigenvalue weighted by Gasteiger charge is 2.22. The number of halogens is 1. The molecule has 9 heteroatoms. The molecule has 0 fully saturated rings. The summed E-state index contributed by atoms with van der Waals surface area (Å²) in [6, 6.07) is 8.82. The highest BCUT2D eigenvalue weighted by Crippen LogP contribution is 2.20. The van der Waals surface area contributed by atoms with Crippen molar-refractivity contribution in [1.29, 1.82) is 0 Å². The zero-order valence-corrected chi connectivity index (χ0v) is 13.3. The molecular formula is C15H13FN2O5S. The second kappa shape index (κ2) is 6.75. The van der Waals surface area contributed by atoms with E-state index in [0.717, 1.165) is 5.56 Å². The number of amides is 1. The number of rotatable bonds is 5. The highest BCUT2D eigenvalue weighted by atomic mass is 32.2. The Morgan fingerprint density at radius 3 is 2.54 bits per heavy atom. The van der Waals surface area contributed by atoms with E-state index in [1.54, 1.807) is 35.9 Å². The van der Waals surface area contributed by atoms with Crippen LogP contribution in [-0.2, 0) is 21.2 Å². The molecule has 24 heavy (non-hydrogen) atoms. The van der Waals surface area contributed by atoms with Gasteiger partial charge in [-0.3, -0.25) is 14.9 Å². The maximum Gasteiger partial charge on any atom is 0.273 e. The lowest BCUT2D eigenvalue weighted by Gasteiger charge is -2.08. The fraction of sp³-hybridized carbons (Fsp3) is 0.133. The van der Waals surface area contributed by atoms with Crippen LogP contribution in [0, 0.1) is 22.9 Å². The number of sulfonamides is 1. The maximum absolute atomic E-state index is 13.4. The van der Waals surface area contributed by atoms with Crippen molar-refractivity contribution < 1.29 is 22.5 Å². The van der Waals surface area contributed by atoms with E-state index < -0.39 is 37.3 Å². The molecule has 0 bridgehead atoms. The number of hydrogen-bond acceptors (Lipinski definition) is 5. The van der Waals surface area contributed by atoms with Gasteiger partial charge in [0.05, 0.1) is 22.3 Å². The third-order valence-electron chi connectivity index (χ3n) is 3.24. The van der Waals surface area contributed by atoms with Crippen LogP contribution in [-0.4, -0.2) is 19.2 Å². The van der Waals surface area contributed by atoms with E-state index in [9.17, 15) is 27.7 Å². The minimum Gasteiger partial charge on any atom is -0.274 e. The predicted octanol–water partition coefficient (Wildman–Crippen LogP) is 2.09. The molecule has 0 heterocycles. The molecule has 2 aromatic carbocycles. The van der Waals surface area contributed by atoms with Crippen LogP contribution >= 0.6 is 0 Å². The van der Waals surface area contributed by atoms with Crippen LogP contribution in [0.25, 0.3) is 0 Å². The molecule has 0 saturated heterocycles. The van der Waals surface area contributed by atoms with Crippen LogP contribution in [0.1, 0.15) is 11.1 Å². The minimum atomic E-state index is -4.41. The number of benzene rings is 2. The Morgan fingerprint density at radius 2 is 1.92 bits per heavy atom. The molecule has 0 aliphatic rings. The molecule has 7 nitrogen and oxygen atoms in total. The van der Waals surface area contributed by atoms with Gasteiger partial charge in [0.25, 0.3) is 15.7 Å². The lowest BCUT2D eigenvalue weighted by Crippen LogP contribution is -2.32. The SMILES string of the molecule is Cc1ccccc1CC(=O)NS(=O)(=O)c1cc(F)cc([N+](=O)[O-])c1. The average Bonchev–Trinajstić information content (AvgIpc) is 2.48. The van der Waals surface area contributed by atoms with Gasteiger partial charge in [-0.15, -0.1) is 0 Å². The lowest BCUT2D eigenvalue weighted by molar-refractivity contribution is -0.385. The zero-order chi connectivity index (χ0) is 17.9. The molecular weight excluding hydrogens is 339 g/mol. The monoisotopic (exact) mass is 352 g/mol. The van der Waals surface area contributed by atoms with E-state index in [0.29, 0.717) is 23.8 Å². The topological polar surface area (TPSA) is 106 Å². The van der Waals surface area contributed by atoms with Crippen molar-refractivity contribution in [1.82, 2.24) is 4.72 Å². The number of nitrogens with zero attached hydrogens (tertiary/aromatic N) is 1. The van der Waals surface area contributed by atoms with Gasteiger partial charge in [0.15, 0.2) is 0 Å². The van der Waals surface area contributed by atoms with Crippen molar-refractivity contribution in [3.05, 3.63) is 69.5 Å². The van der Waals surface area contributed by atoms with Crippen LogP contribution < -0.4 is 4.72 Å². The number of non-ortho nitro benzene ring substituents is 1. The van der Waals surface area contributed by atoms with E-state index in [4.69, 9.17) is 0 Å². The Hall–Kier alpha value is -2.81. The lowest BCUT2D eigenvalue weighted by atomic mass is 10.1. The first-order valence-electron chi connectivity index (χ1n) is 6.74. The minimum absolute atomic E-state index is 0.191. The summed E-state index contributed by atoms with van der Waals surface area (Å²) < 4.78 is 39.4. The van der Waals surface area contributed by atoms with Gasteiger partial charge >= 0.3 is 0 Å². The molecule has 0 spiro atoms. The molecule has 2 aromatic rings. The number of hydrogen-bond donors (Lipinski definition) is 1. The number of nitrogens with one attached hydrogen (secondary N) is 1. The standard InChI is InChI=1S/C15H13FN2O5S/c1-10-4-2-3-5-11(10)6-15(19)17-24(22,23)14-8-12(16)7-13(9-14)18(20)21/h2-5,7-9H,6H2,1H3,(H,17,19). The van der Waals surface area contributed by atoms with E-state index in [1.807, 2.05) is 0 Å². The maximum atomic E-state index is 13.4. The van der Waals surface area contributed by atoms with Crippen LogP contribution in [0.2, 0.25) is 0 Å². The van der Waals surface area contributed by atoms with Crippen molar-refractivity contribution >= 4 is 21.6 Å². The molecule has 126 valence electrons. The predicted molar refractivity (Wildman–Crippen MR) is 83.3 cm³/mol. The molecule has 0 aromatic heterocycles. The zero-order valence-electron chi connectivity index (χ0n) is 12.5. The van der Waals surface area contributed by atoms with Crippen LogP contribution in [0.15, 0.2) is 47.4 Å². The highest BCUT2D eigenvalue weighted by molar-refractivity contribution is 7.90. The largest absolute Gasteiger partial charge is 0.274 e. The smallest absolute Gasteiger partial charge is 0.273 e. The molecule has 0 aliphatic heterocycles. The number of carbonyl (C=O) groups is 1. The van der Waals surface area contributed by atoms with Crippen molar-refractivity contribution in [2.24, 2.45) is 0 Å². The Bertz CT molecular complexity index is 912. The average molecular weight is 352 g/mol. The summed E-state index contributed by atoms with van der Waals surface area (Å²) in [4.78, 5) is 21.0. The number of nitro benzene ring substituents is 1. The first-order chi connectivity index (χ1) is 11.2. The summed E-state index contributed by atoms with van der Waals surface area (Å²) in [5.74, 6) is -1.91. The van der Waals surface area contributed by atoms with Gasteiger partial charge in [0, 0.05) is 6.07 Å². The first-order valence-corrected chi connectivity index (χ1v) is 8.22. The molecule has 1 amide bonds. The number of aryl methyl sites for hydroxylation is 1. The van der Waals surface area contributed by atoms with Crippen molar-refractivity contribution in [2.45, 2.75) is 18.2 Å². The van der Waals surface area contributed by atoms with Gasteiger partial charge in [-0.05, 0) is 24.1 Å².